The van der Waals surface area contributed by atoms with Crippen LogP contribution in [0.15, 0.2) is 18.2 Å². The average Bonchev–Trinajstić information content (AvgIpc) is 2.50. The molecule has 1 aliphatic heterocycles. The SMILES string of the molecule is CC1(C)CCN(c2cccc(F)c2CCl)CCS1. The van der Waals surface area contributed by atoms with Crippen molar-refractivity contribution in [3.8, 4) is 0 Å². The van der Waals surface area contributed by atoms with Crippen molar-refractivity contribution in [2.75, 3.05) is 23.7 Å². The van der Waals surface area contributed by atoms with E-state index in [2.05, 4.69) is 18.7 Å². The third-order valence-corrected chi connectivity index (χ3v) is 5.05. The molecule has 0 amide bonds. The predicted octanol–water partition coefficient (Wildman–Crippen LogP) is 4.29. The molecule has 1 heterocycles. The zero-order chi connectivity index (χ0) is 13.2. The zero-order valence-electron chi connectivity index (χ0n) is 10.9. The molecule has 1 aliphatic rings. The summed E-state index contributed by atoms with van der Waals surface area (Å²) in [6.45, 7) is 6.47. The van der Waals surface area contributed by atoms with E-state index in [1.54, 1.807) is 6.07 Å². The van der Waals surface area contributed by atoms with Gasteiger partial charge in [0.1, 0.15) is 5.82 Å². The molecule has 0 aromatic heterocycles. The largest absolute Gasteiger partial charge is 0.370 e. The molecule has 2 rings (SSSR count). The number of rotatable bonds is 2. The highest BCUT2D eigenvalue weighted by molar-refractivity contribution is 8.00. The van der Waals surface area contributed by atoms with Gasteiger partial charge >= 0.3 is 0 Å². The average molecular weight is 288 g/mol. The van der Waals surface area contributed by atoms with Crippen molar-refractivity contribution in [2.45, 2.75) is 30.9 Å². The predicted molar refractivity (Wildman–Crippen MR) is 79.3 cm³/mol. The van der Waals surface area contributed by atoms with Crippen LogP contribution in [-0.4, -0.2) is 23.6 Å². The third-order valence-electron chi connectivity index (χ3n) is 3.41. The molecule has 0 unspecified atom stereocenters. The van der Waals surface area contributed by atoms with Gasteiger partial charge in [0.25, 0.3) is 0 Å². The van der Waals surface area contributed by atoms with Crippen molar-refractivity contribution in [3.05, 3.63) is 29.6 Å². The van der Waals surface area contributed by atoms with Gasteiger partial charge < -0.3 is 4.90 Å². The van der Waals surface area contributed by atoms with Crippen LogP contribution in [0, 0.1) is 5.82 Å². The highest BCUT2D eigenvalue weighted by Gasteiger charge is 2.25. The Labute approximate surface area is 118 Å². The first-order valence-corrected chi connectivity index (χ1v) is 7.78. The monoisotopic (exact) mass is 287 g/mol. The smallest absolute Gasteiger partial charge is 0.129 e. The van der Waals surface area contributed by atoms with Gasteiger partial charge in [-0.1, -0.05) is 19.9 Å². The van der Waals surface area contributed by atoms with Crippen molar-refractivity contribution in [2.24, 2.45) is 0 Å². The molecular weight excluding hydrogens is 269 g/mol. The summed E-state index contributed by atoms with van der Waals surface area (Å²) >= 11 is 7.87. The number of hydrogen-bond donors (Lipinski definition) is 0. The molecule has 0 atom stereocenters. The lowest BCUT2D eigenvalue weighted by Gasteiger charge is -2.26. The second kappa shape index (κ2) is 5.70. The van der Waals surface area contributed by atoms with Crippen molar-refractivity contribution in [3.63, 3.8) is 0 Å². The van der Waals surface area contributed by atoms with Gasteiger partial charge in [-0.3, -0.25) is 0 Å². The molecule has 0 saturated carbocycles. The number of thioether (sulfide) groups is 1. The molecule has 0 N–H and O–H groups in total. The van der Waals surface area contributed by atoms with Crippen LogP contribution in [0.1, 0.15) is 25.8 Å². The lowest BCUT2D eigenvalue weighted by molar-refractivity contribution is 0.611. The highest BCUT2D eigenvalue weighted by atomic mass is 35.5. The van der Waals surface area contributed by atoms with Gasteiger partial charge in [-0.15, -0.1) is 11.6 Å². The van der Waals surface area contributed by atoms with Crippen LogP contribution in [0.4, 0.5) is 10.1 Å². The minimum absolute atomic E-state index is 0.196. The van der Waals surface area contributed by atoms with Gasteiger partial charge in [0, 0.05) is 34.8 Å². The van der Waals surface area contributed by atoms with E-state index in [1.165, 1.54) is 6.07 Å². The van der Waals surface area contributed by atoms with Gasteiger partial charge in [0.05, 0.1) is 5.88 Å². The molecule has 0 radical (unpaired) electrons. The van der Waals surface area contributed by atoms with Gasteiger partial charge in [-0.2, -0.15) is 11.8 Å². The normalized spacial score (nSPS) is 19.7. The second-order valence-electron chi connectivity index (χ2n) is 5.22. The molecular formula is C14H19ClFNS. The van der Waals surface area contributed by atoms with Crippen LogP contribution in [0.25, 0.3) is 0 Å². The maximum atomic E-state index is 13.7. The third kappa shape index (κ3) is 3.12. The molecule has 100 valence electrons. The number of anilines is 1. The molecule has 0 bridgehead atoms. The van der Waals surface area contributed by atoms with E-state index < -0.39 is 0 Å². The zero-order valence-corrected chi connectivity index (χ0v) is 12.5. The number of benzene rings is 1. The number of alkyl halides is 1. The molecule has 1 fully saturated rings. The Hall–Kier alpha value is -0.410. The first-order chi connectivity index (χ1) is 8.53. The van der Waals surface area contributed by atoms with Crippen LogP contribution in [-0.2, 0) is 5.88 Å². The van der Waals surface area contributed by atoms with Gasteiger partial charge in [-0.25, -0.2) is 4.39 Å². The Bertz CT molecular complexity index is 422. The molecule has 18 heavy (non-hydrogen) atoms. The molecule has 0 spiro atoms. The summed E-state index contributed by atoms with van der Waals surface area (Å²) in [5.74, 6) is 1.11. The quantitative estimate of drug-likeness (QED) is 0.747. The lowest BCUT2D eigenvalue weighted by Crippen LogP contribution is -2.28. The lowest BCUT2D eigenvalue weighted by atomic mass is 10.1. The first kappa shape index (κ1) is 14.0. The molecule has 0 aliphatic carbocycles. The second-order valence-corrected chi connectivity index (χ2v) is 7.29. The van der Waals surface area contributed by atoms with Crippen LogP contribution in [0.5, 0.6) is 0 Å². The minimum Gasteiger partial charge on any atom is -0.370 e. The van der Waals surface area contributed by atoms with Gasteiger partial charge in [0.2, 0.25) is 0 Å². The van der Waals surface area contributed by atoms with E-state index in [9.17, 15) is 4.39 Å². The first-order valence-electron chi connectivity index (χ1n) is 6.26. The summed E-state index contributed by atoms with van der Waals surface area (Å²) in [5, 5.41) is 0. The summed E-state index contributed by atoms with van der Waals surface area (Å²) < 4.78 is 14.1. The van der Waals surface area contributed by atoms with Crippen LogP contribution >= 0.6 is 23.4 Å². The Kier molecular flexibility index (Phi) is 4.44. The summed E-state index contributed by atoms with van der Waals surface area (Å²) in [7, 11) is 0. The topological polar surface area (TPSA) is 3.24 Å². The molecule has 1 nitrogen and oxygen atoms in total. The molecule has 4 heteroatoms. The Morgan fingerprint density at radius 3 is 2.89 bits per heavy atom. The van der Waals surface area contributed by atoms with Crippen LogP contribution in [0.3, 0.4) is 0 Å². The molecule has 1 aromatic rings. The van der Waals surface area contributed by atoms with E-state index >= 15 is 0 Å². The highest BCUT2D eigenvalue weighted by Crippen LogP contribution is 2.34. The van der Waals surface area contributed by atoms with Gasteiger partial charge in [-0.05, 0) is 18.6 Å². The summed E-state index contributed by atoms with van der Waals surface area (Å²) in [6.07, 6.45) is 1.11. The van der Waals surface area contributed by atoms with Crippen molar-refractivity contribution >= 4 is 29.1 Å². The van der Waals surface area contributed by atoms with E-state index in [4.69, 9.17) is 11.6 Å². The number of hydrogen-bond acceptors (Lipinski definition) is 2. The Morgan fingerprint density at radius 1 is 1.39 bits per heavy atom. The Morgan fingerprint density at radius 2 is 2.17 bits per heavy atom. The minimum atomic E-state index is -0.196. The molecule has 1 saturated heterocycles. The van der Waals surface area contributed by atoms with Crippen molar-refractivity contribution < 1.29 is 4.39 Å². The van der Waals surface area contributed by atoms with E-state index in [1.807, 2.05) is 17.8 Å². The van der Waals surface area contributed by atoms with E-state index in [0.717, 1.165) is 31.0 Å². The van der Waals surface area contributed by atoms with E-state index in [-0.39, 0.29) is 11.7 Å². The maximum Gasteiger partial charge on any atom is 0.129 e. The summed E-state index contributed by atoms with van der Waals surface area (Å²) in [6, 6.07) is 5.23. The van der Waals surface area contributed by atoms with Crippen LogP contribution in [0.2, 0.25) is 0 Å². The van der Waals surface area contributed by atoms with Crippen LogP contribution < -0.4 is 4.90 Å². The van der Waals surface area contributed by atoms with Crippen molar-refractivity contribution in [1.82, 2.24) is 0 Å². The summed E-state index contributed by atoms with van der Waals surface area (Å²) in [4.78, 5) is 2.27. The van der Waals surface area contributed by atoms with E-state index in [0.29, 0.717) is 10.3 Å². The van der Waals surface area contributed by atoms with Gasteiger partial charge in [0.15, 0.2) is 0 Å². The standard InChI is InChI=1S/C14H19ClFNS/c1-14(2)6-7-17(8-9-18-14)13-5-3-4-12(16)11(13)10-15/h3-5H,6-10H2,1-2H3. The molecule has 1 aromatic carbocycles. The fourth-order valence-electron chi connectivity index (χ4n) is 2.24. The fourth-order valence-corrected chi connectivity index (χ4v) is 3.60. The fraction of sp³-hybridized carbons (Fsp3) is 0.571. The summed E-state index contributed by atoms with van der Waals surface area (Å²) in [5.41, 5.74) is 1.59. The van der Waals surface area contributed by atoms with Crippen molar-refractivity contribution in [1.29, 1.82) is 0 Å². The Balaban J connectivity index is 2.24. The number of halogens is 2. The number of nitrogens with zero attached hydrogens (tertiary/aromatic N) is 1. The maximum absolute atomic E-state index is 13.7.